The van der Waals surface area contributed by atoms with E-state index in [-0.39, 0.29) is 0 Å². The van der Waals surface area contributed by atoms with Gasteiger partial charge >= 0.3 is 0 Å². The summed E-state index contributed by atoms with van der Waals surface area (Å²) in [6.45, 7) is 7.25. The minimum Gasteiger partial charge on any atom is -0.326 e. The monoisotopic (exact) mass is 182 g/mol. The molecule has 2 atom stereocenters. The highest BCUT2D eigenvalue weighted by atomic mass is 15.2. The number of rotatable bonds is 2. The van der Waals surface area contributed by atoms with Crippen molar-refractivity contribution >= 4 is 0 Å². The molecule has 0 aromatic carbocycles. The zero-order valence-corrected chi connectivity index (χ0v) is 8.92. The Hall–Kier alpha value is -0.0800. The third-order valence-corrected chi connectivity index (χ3v) is 4.02. The molecule has 1 saturated carbocycles. The van der Waals surface area contributed by atoms with Crippen molar-refractivity contribution in [3.05, 3.63) is 0 Å². The van der Waals surface area contributed by atoms with Gasteiger partial charge in [0.1, 0.15) is 0 Å². The third-order valence-electron chi connectivity index (χ3n) is 4.02. The van der Waals surface area contributed by atoms with Gasteiger partial charge in [0.2, 0.25) is 0 Å². The van der Waals surface area contributed by atoms with E-state index in [1.165, 1.54) is 38.8 Å². The van der Waals surface area contributed by atoms with Gasteiger partial charge in [-0.05, 0) is 24.7 Å². The van der Waals surface area contributed by atoms with Gasteiger partial charge in [-0.25, -0.2) is 0 Å². The topological polar surface area (TPSA) is 29.3 Å². The summed E-state index contributed by atoms with van der Waals surface area (Å²) < 4.78 is 0. The Morgan fingerprint density at radius 2 is 2.08 bits per heavy atom. The lowest BCUT2D eigenvalue weighted by Crippen LogP contribution is -2.60. The van der Waals surface area contributed by atoms with Crippen LogP contribution in [0.5, 0.6) is 0 Å². The van der Waals surface area contributed by atoms with Crippen LogP contribution >= 0.6 is 0 Å². The van der Waals surface area contributed by atoms with Crippen molar-refractivity contribution in [3.63, 3.8) is 0 Å². The van der Waals surface area contributed by atoms with Crippen molar-refractivity contribution in [3.8, 4) is 0 Å². The number of nitrogens with zero attached hydrogens (tertiary/aromatic N) is 1. The molecule has 13 heavy (non-hydrogen) atoms. The molecule has 2 nitrogen and oxygen atoms in total. The average molecular weight is 182 g/mol. The summed E-state index contributed by atoms with van der Waals surface area (Å²) in [6, 6.07) is 1.17. The molecule has 0 radical (unpaired) electrons. The molecule has 1 aliphatic heterocycles. The predicted molar refractivity (Wildman–Crippen MR) is 55.6 cm³/mol. The minimum atomic E-state index is 0.460. The van der Waals surface area contributed by atoms with E-state index in [4.69, 9.17) is 5.73 Å². The Morgan fingerprint density at radius 3 is 2.54 bits per heavy atom. The molecule has 0 spiro atoms. The van der Waals surface area contributed by atoms with Gasteiger partial charge in [-0.2, -0.15) is 0 Å². The van der Waals surface area contributed by atoms with Crippen molar-refractivity contribution in [2.45, 2.75) is 51.6 Å². The molecule has 0 aromatic heterocycles. The zero-order chi connectivity index (χ0) is 9.47. The Balaban J connectivity index is 1.85. The highest BCUT2D eigenvalue weighted by molar-refractivity contribution is 4.98. The van der Waals surface area contributed by atoms with Crippen LogP contribution in [-0.2, 0) is 0 Å². The summed E-state index contributed by atoms with van der Waals surface area (Å²) in [4.78, 5) is 2.60. The molecule has 0 amide bonds. The predicted octanol–water partition coefficient (Wildman–Crippen LogP) is 1.60. The van der Waals surface area contributed by atoms with Gasteiger partial charge in [0.25, 0.3) is 0 Å². The summed E-state index contributed by atoms with van der Waals surface area (Å²) in [6.07, 6.45) is 5.22. The maximum atomic E-state index is 6.08. The first-order chi connectivity index (χ1) is 6.14. The summed E-state index contributed by atoms with van der Waals surface area (Å²) in [5.74, 6) is 0. The Labute approximate surface area is 81.5 Å². The van der Waals surface area contributed by atoms with Gasteiger partial charge in [-0.15, -0.1) is 0 Å². The van der Waals surface area contributed by atoms with Crippen LogP contribution in [0.3, 0.4) is 0 Å². The van der Waals surface area contributed by atoms with E-state index in [0.717, 1.165) is 0 Å². The van der Waals surface area contributed by atoms with Gasteiger partial charge in [0.15, 0.2) is 0 Å². The van der Waals surface area contributed by atoms with E-state index in [1.807, 2.05) is 0 Å². The van der Waals surface area contributed by atoms with Crippen molar-refractivity contribution < 1.29 is 0 Å². The van der Waals surface area contributed by atoms with E-state index in [0.29, 0.717) is 17.5 Å². The summed E-state index contributed by atoms with van der Waals surface area (Å²) in [7, 11) is 0. The van der Waals surface area contributed by atoms with Crippen LogP contribution in [0.1, 0.15) is 39.5 Å². The Kier molecular flexibility index (Phi) is 2.37. The second-order valence-electron chi connectivity index (χ2n) is 5.23. The fourth-order valence-electron chi connectivity index (χ4n) is 2.81. The molecular weight excluding hydrogens is 160 g/mol. The highest BCUT2D eigenvalue weighted by Crippen LogP contribution is 2.37. The lowest BCUT2D eigenvalue weighted by atomic mass is 9.78. The van der Waals surface area contributed by atoms with Gasteiger partial charge in [0, 0.05) is 25.2 Å². The quantitative estimate of drug-likeness (QED) is 0.703. The zero-order valence-electron chi connectivity index (χ0n) is 8.92. The smallest absolute Gasteiger partial charge is 0.0247 e. The molecule has 1 saturated heterocycles. The van der Waals surface area contributed by atoms with Crippen LogP contribution in [0.4, 0.5) is 0 Å². The molecule has 2 heteroatoms. The molecular formula is C11H22N2. The van der Waals surface area contributed by atoms with Gasteiger partial charge in [-0.3, -0.25) is 4.90 Å². The molecule has 1 aliphatic carbocycles. The van der Waals surface area contributed by atoms with Crippen molar-refractivity contribution in [2.24, 2.45) is 11.1 Å². The van der Waals surface area contributed by atoms with E-state index < -0.39 is 0 Å². The van der Waals surface area contributed by atoms with Crippen molar-refractivity contribution in [2.75, 3.05) is 13.1 Å². The maximum absolute atomic E-state index is 6.08. The van der Waals surface area contributed by atoms with Crippen molar-refractivity contribution in [1.29, 1.82) is 0 Å². The summed E-state index contributed by atoms with van der Waals surface area (Å²) in [5.41, 5.74) is 6.68. The second kappa shape index (κ2) is 3.25. The standard InChI is InChI=1S/C11H22N2/c1-3-11(2)7-13(8-11)10-6-4-5-9(10)12/h9-10H,3-8,12H2,1-2H3. The molecule has 2 N–H and O–H groups in total. The number of hydrogen-bond donors (Lipinski definition) is 1. The first kappa shape index (κ1) is 9.47. The fraction of sp³-hybridized carbons (Fsp3) is 1.00. The SMILES string of the molecule is CCC1(C)CN(C2CCCC2N)C1. The molecule has 2 fully saturated rings. The summed E-state index contributed by atoms with van der Waals surface area (Å²) in [5, 5.41) is 0. The number of nitrogens with two attached hydrogens (primary N) is 1. The van der Waals surface area contributed by atoms with E-state index in [2.05, 4.69) is 18.7 Å². The largest absolute Gasteiger partial charge is 0.326 e. The molecule has 2 rings (SSSR count). The minimum absolute atomic E-state index is 0.460. The fourth-order valence-corrected chi connectivity index (χ4v) is 2.81. The van der Waals surface area contributed by atoms with Crippen LogP contribution in [0, 0.1) is 5.41 Å². The van der Waals surface area contributed by atoms with Crippen LogP contribution in [0.15, 0.2) is 0 Å². The first-order valence-electron chi connectivity index (χ1n) is 5.64. The van der Waals surface area contributed by atoms with Gasteiger partial charge in [-0.1, -0.05) is 20.3 Å². The Morgan fingerprint density at radius 1 is 1.38 bits per heavy atom. The van der Waals surface area contributed by atoms with Crippen LogP contribution in [0.25, 0.3) is 0 Å². The van der Waals surface area contributed by atoms with Crippen molar-refractivity contribution in [1.82, 2.24) is 4.90 Å². The second-order valence-corrected chi connectivity index (χ2v) is 5.23. The normalized spacial score (nSPS) is 39.0. The number of likely N-dealkylation sites (tertiary alicyclic amines) is 1. The molecule has 76 valence electrons. The molecule has 2 unspecified atom stereocenters. The average Bonchev–Trinajstić information content (AvgIpc) is 2.46. The van der Waals surface area contributed by atoms with Crippen LogP contribution in [0.2, 0.25) is 0 Å². The molecule has 1 heterocycles. The van der Waals surface area contributed by atoms with E-state index in [9.17, 15) is 0 Å². The van der Waals surface area contributed by atoms with Gasteiger partial charge < -0.3 is 5.73 Å². The Bertz CT molecular complexity index is 185. The van der Waals surface area contributed by atoms with Gasteiger partial charge in [0.05, 0.1) is 0 Å². The summed E-state index contributed by atoms with van der Waals surface area (Å²) >= 11 is 0. The van der Waals surface area contributed by atoms with Crippen LogP contribution < -0.4 is 5.73 Å². The molecule has 0 aromatic rings. The lowest BCUT2D eigenvalue weighted by Gasteiger charge is -2.51. The highest BCUT2D eigenvalue weighted by Gasteiger charge is 2.43. The third kappa shape index (κ3) is 1.62. The maximum Gasteiger partial charge on any atom is 0.0247 e. The van der Waals surface area contributed by atoms with E-state index >= 15 is 0 Å². The van der Waals surface area contributed by atoms with E-state index in [1.54, 1.807) is 0 Å². The molecule has 2 aliphatic rings. The number of hydrogen-bond acceptors (Lipinski definition) is 2. The first-order valence-corrected chi connectivity index (χ1v) is 5.64. The molecule has 0 bridgehead atoms. The lowest BCUT2D eigenvalue weighted by molar-refractivity contribution is -0.0233. The van der Waals surface area contributed by atoms with Crippen LogP contribution in [-0.4, -0.2) is 30.1 Å².